The SMILES string of the molecule is O=S(=O)(F)c1ccc(CCCNc2ccccc2)cc1. The van der Waals surface area contributed by atoms with Crippen molar-refractivity contribution in [1.82, 2.24) is 0 Å². The van der Waals surface area contributed by atoms with E-state index in [1.807, 2.05) is 30.3 Å². The summed E-state index contributed by atoms with van der Waals surface area (Å²) < 4.78 is 34.1. The van der Waals surface area contributed by atoms with E-state index < -0.39 is 10.2 Å². The Bertz CT molecular complexity index is 639. The van der Waals surface area contributed by atoms with Crippen LogP contribution in [0.4, 0.5) is 9.57 Å². The molecule has 0 amide bonds. The Kier molecular flexibility index (Phi) is 4.74. The van der Waals surface area contributed by atoms with E-state index in [1.165, 1.54) is 12.1 Å². The van der Waals surface area contributed by atoms with Crippen molar-refractivity contribution >= 4 is 15.9 Å². The first-order valence-electron chi connectivity index (χ1n) is 6.38. The van der Waals surface area contributed by atoms with Crippen molar-refractivity contribution < 1.29 is 12.3 Å². The van der Waals surface area contributed by atoms with Crippen LogP contribution >= 0.6 is 0 Å². The summed E-state index contributed by atoms with van der Waals surface area (Å²) in [6.07, 6.45) is 1.73. The number of hydrogen-bond donors (Lipinski definition) is 1. The molecule has 1 N–H and O–H groups in total. The molecule has 0 aliphatic rings. The molecular formula is C15H16FNO2S. The lowest BCUT2D eigenvalue weighted by molar-refractivity contribution is 0.552. The number of anilines is 1. The van der Waals surface area contributed by atoms with Crippen LogP contribution in [0.25, 0.3) is 0 Å². The second kappa shape index (κ2) is 6.52. The van der Waals surface area contributed by atoms with Gasteiger partial charge in [0.1, 0.15) is 0 Å². The normalized spacial score (nSPS) is 11.2. The van der Waals surface area contributed by atoms with Gasteiger partial charge < -0.3 is 5.32 Å². The van der Waals surface area contributed by atoms with Crippen molar-refractivity contribution in [2.24, 2.45) is 0 Å². The fourth-order valence-corrected chi connectivity index (χ4v) is 2.36. The van der Waals surface area contributed by atoms with E-state index in [9.17, 15) is 12.3 Å². The summed E-state index contributed by atoms with van der Waals surface area (Å²) in [6, 6.07) is 15.8. The first kappa shape index (κ1) is 14.5. The second-order valence-electron chi connectivity index (χ2n) is 4.48. The lowest BCUT2D eigenvalue weighted by Crippen LogP contribution is -2.02. The van der Waals surface area contributed by atoms with Crippen LogP contribution in [0.5, 0.6) is 0 Å². The monoisotopic (exact) mass is 293 g/mol. The summed E-state index contributed by atoms with van der Waals surface area (Å²) in [7, 11) is -4.59. The summed E-state index contributed by atoms with van der Waals surface area (Å²) in [5.74, 6) is 0. The van der Waals surface area contributed by atoms with Gasteiger partial charge in [-0.1, -0.05) is 30.3 Å². The molecule has 0 aliphatic carbocycles. The van der Waals surface area contributed by atoms with Crippen molar-refractivity contribution in [2.45, 2.75) is 17.7 Å². The van der Waals surface area contributed by atoms with Gasteiger partial charge in [0.05, 0.1) is 4.90 Å². The molecular weight excluding hydrogens is 277 g/mol. The van der Waals surface area contributed by atoms with Crippen LogP contribution in [0.2, 0.25) is 0 Å². The summed E-state index contributed by atoms with van der Waals surface area (Å²) in [6.45, 7) is 0.827. The Balaban J connectivity index is 1.80. The number of hydrogen-bond acceptors (Lipinski definition) is 3. The van der Waals surface area contributed by atoms with Gasteiger partial charge in [-0.25, -0.2) is 0 Å². The molecule has 0 fully saturated rings. The molecule has 0 spiro atoms. The zero-order valence-electron chi connectivity index (χ0n) is 10.9. The van der Waals surface area contributed by atoms with Gasteiger partial charge in [0.15, 0.2) is 0 Å². The summed E-state index contributed by atoms with van der Waals surface area (Å²) in [5.41, 5.74) is 2.07. The zero-order valence-corrected chi connectivity index (χ0v) is 11.7. The van der Waals surface area contributed by atoms with E-state index in [1.54, 1.807) is 12.1 Å². The molecule has 0 atom stereocenters. The number of rotatable bonds is 6. The molecule has 2 aromatic rings. The summed E-state index contributed by atoms with van der Waals surface area (Å²) >= 11 is 0. The minimum absolute atomic E-state index is 0.288. The predicted molar refractivity (Wildman–Crippen MR) is 78.0 cm³/mol. The highest BCUT2D eigenvalue weighted by Gasteiger charge is 2.10. The molecule has 0 aromatic heterocycles. The largest absolute Gasteiger partial charge is 0.385 e. The van der Waals surface area contributed by atoms with Gasteiger partial charge in [0.2, 0.25) is 0 Å². The topological polar surface area (TPSA) is 46.2 Å². The molecule has 5 heteroatoms. The van der Waals surface area contributed by atoms with Crippen molar-refractivity contribution in [3.8, 4) is 0 Å². The minimum Gasteiger partial charge on any atom is -0.385 e. The third-order valence-electron chi connectivity index (χ3n) is 2.95. The Morgan fingerprint density at radius 1 is 0.950 bits per heavy atom. The highest BCUT2D eigenvalue weighted by Crippen LogP contribution is 2.14. The van der Waals surface area contributed by atoms with Crippen LogP contribution < -0.4 is 5.32 Å². The van der Waals surface area contributed by atoms with Crippen LogP contribution in [0, 0.1) is 0 Å². The molecule has 0 heterocycles. The van der Waals surface area contributed by atoms with Crippen molar-refractivity contribution in [2.75, 3.05) is 11.9 Å². The van der Waals surface area contributed by atoms with Gasteiger partial charge in [-0.05, 0) is 42.7 Å². The number of benzene rings is 2. The molecule has 2 aromatic carbocycles. The smallest absolute Gasteiger partial charge is 0.332 e. The minimum atomic E-state index is -4.59. The quantitative estimate of drug-likeness (QED) is 0.656. The standard InChI is InChI=1S/C15H16FNO2S/c16-20(18,19)15-10-8-13(9-11-15)5-4-12-17-14-6-2-1-3-7-14/h1-3,6-11,17H,4-5,12H2. The van der Waals surface area contributed by atoms with Gasteiger partial charge >= 0.3 is 10.2 Å². The van der Waals surface area contributed by atoms with Gasteiger partial charge in [0, 0.05) is 12.2 Å². The highest BCUT2D eigenvalue weighted by atomic mass is 32.3. The number of nitrogens with one attached hydrogen (secondary N) is 1. The molecule has 0 radical (unpaired) electrons. The molecule has 2 rings (SSSR count). The van der Waals surface area contributed by atoms with Crippen molar-refractivity contribution in [1.29, 1.82) is 0 Å². The van der Waals surface area contributed by atoms with Crippen LogP contribution in [0.3, 0.4) is 0 Å². The van der Waals surface area contributed by atoms with E-state index in [0.717, 1.165) is 30.6 Å². The van der Waals surface area contributed by atoms with Crippen LogP contribution in [-0.2, 0) is 16.6 Å². The maximum Gasteiger partial charge on any atom is 0.332 e. The predicted octanol–water partition coefficient (Wildman–Crippen LogP) is 3.39. The number of aryl methyl sites for hydroxylation is 1. The molecule has 20 heavy (non-hydrogen) atoms. The van der Waals surface area contributed by atoms with Crippen molar-refractivity contribution in [3.05, 3.63) is 60.2 Å². The maximum atomic E-state index is 12.7. The van der Waals surface area contributed by atoms with E-state index in [4.69, 9.17) is 0 Å². The van der Waals surface area contributed by atoms with Crippen LogP contribution in [0.15, 0.2) is 59.5 Å². The highest BCUT2D eigenvalue weighted by molar-refractivity contribution is 7.86. The lowest BCUT2D eigenvalue weighted by atomic mass is 10.1. The number of para-hydroxylation sites is 1. The first-order chi connectivity index (χ1) is 9.55. The van der Waals surface area contributed by atoms with Crippen LogP contribution in [-0.4, -0.2) is 15.0 Å². The van der Waals surface area contributed by atoms with E-state index in [-0.39, 0.29) is 4.90 Å². The fraction of sp³-hybridized carbons (Fsp3) is 0.200. The average Bonchev–Trinajstić information content (AvgIpc) is 2.44. The van der Waals surface area contributed by atoms with E-state index in [0.29, 0.717) is 0 Å². The third kappa shape index (κ3) is 4.35. The molecule has 0 aliphatic heterocycles. The van der Waals surface area contributed by atoms with E-state index in [2.05, 4.69) is 5.32 Å². The fourth-order valence-electron chi connectivity index (χ4n) is 1.90. The summed E-state index contributed by atoms with van der Waals surface area (Å²) in [5, 5.41) is 3.29. The summed E-state index contributed by atoms with van der Waals surface area (Å²) in [4.78, 5) is -0.288. The molecule has 0 saturated heterocycles. The zero-order chi connectivity index (χ0) is 14.4. The first-order valence-corrected chi connectivity index (χ1v) is 7.76. The Labute approximate surface area is 118 Å². The Morgan fingerprint density at radius 2 is 1.60 bits per heavy atom. The molecule has 0 unspecified atom stereocenters. The number of halogens is 1. The molecule has 3 nitrogen and oxygen atoms in total. The Hall–Kier alpha value is -1.88. The Morgan fingerprint density at radius 3 is 2.20 bits per heavy atom. The maximum absolute atomic E-state index is 12.7. The molecule has 0 saturated carbocycles. The van der Waals surface area contributed by atoms with Crippen LogP contribution in [0.1, 0.15) is 12.0 Å². The second-order valence-corrected chi connectivity index (χ2v) is 5.83. The van der Waals surface area contributed by atoms with Gasteiger partial charge in [-0.2, -0.15) is 8.42 Å². The van der Waals surface area contributed by atoms with Gasteiger partial charge in [0.25, 0.3) is 0 Å². The van der Waals surface area contributed by atoms with Crippen molar-refractivity contribution in [3.63, 3.8) is 0 Å². The van der Waals surface area contributed by atoms with Gasteiger partial charge in [-0.3, -0.25) is 0 Å². The third-order valence-corrected chi connectivity index (χ3v) is 3.79. The average molecular weight is 293 g/mol. The van der Waals surface area contributed by atoms with E-state index >= 15 is 0 Å². The lowest BCUT2D eigenvalue weighted by Gasteiger charge is -2.06. The molecule has 0 bridgehead atoms. The molecule has 106 valence electrons. The van der Waals surface area contributed by atoms with Gasteiger partial charge in [-0.15, -0.1) is 3.89 Å².